The second-order valence-corrected chi connectivity index (χ2v) is 11.6. The minimum Gasteiger partial charge on any atom is -0.478 e. The first kappa shape index (κ1) is 32.8. The number of benzene rings is 3. The van der Waals surface area contributed by atoms with Crippen molar-refractivity contribution in [2.45, 2.75) is 12.8 Å². The van der Waals surface area contributed by atoms with Gasteiger partial charge in [-0.2, -0.15) is 0 Å². The van der Waals surface area contributed by atoms with Gasteiger partial charge in [0.15, 0.2) is 0 Å². The molecule has 1 saturated heterocycles. The van der Waals surface area contributed by atoms with Crippen LogP contribution in [0.4, 0.5) is 11.4 Å². The molecule has 0 radical (unpaired) electrons. The zero-order valence-corrected chi connectivity index (χ0v) is 26.1. The normalized spacial score (nSPS) is 13.1. The molecule has 0 bridgehead atoms. The summed E-state index contributed by atoms with van der Waals surface area (Å²) in [4.78, 5) is 56.3. The van der Waals surface area contributed by atoms with Crippen LogP contribution in [0.5, 0.6) is 0 Å². The van der Waals surface area contributed by atoms with Gasteiger partial charge < -0.3 is 30.4 Å². The molecule has 12 heteroatoms. The van der Waals surface area contributed by atoms with Crippen LogP contribution in [0.15, 0.2) is 60.7 Å². The van der Waals surface area contributed by atoms with Crippen LogP contribution in [0.2, 0.25) is 10.0 Å². The summed E-state index contributed by atoms with van der Waals surface area (Å²) >= 11 is 12.2. The Morgan fingerprint density at radius 3 is 2.25 bits per heavy atom. The smallest absolute Gasteiger partial charge is 0.335 e. The summed E-state index contributed by atoms with van der Waals surface area (Å²) in [7, 11) is 3.86. The number of halogens is 2. The van der Waals surface area contributed by atoms with Gasteiger partial charge in [-0.3, -0.25) is 14.4 Å². The molecule has 1 fully saturated rings. The molecule has 232 valence electrons. The van der Waals surface area contributed by atoms with Crippen molar-refractivity contribution in [1.82, 2.24) is 15.1 Å². The van der Waals surface area contributed by atoms with Gasteiger partial charge in [-0.05, 0) is 74.6 Å². The number of carbonyl (C=O) groups is 4. The summed E-state index contributed by atoms with van der Waals surface area (Å²) in [6.07, 6.45) is 0.943. The summed E-state index contributed by atoms with van der Waals surface area (Å²) in [5.41, 5.74) is 2.43. The molecule has 3 amide bonds. The molecule has 1 heterocycles. The Balaban J connectivity index is 1.51. The first-order valence-electron chi connectivity index (χ1n) is 14.2. The van der Waals surface area contributed by atoms with E-state index < -0.39 is 11.9 Å². The molecular formula is C32H35Cl2N5O5. The van der Waals surface area contributed by atoms with Crippen molar-refractivity contribution in [2.75, 3.05) is 63.6 Å². The summed E-state index contributed by atoms with van der Waals surface area (Å²) in [6.45, 7) is 3.13. The molecule has 4 rings (SSSR count). The van der Waals surface area contributed by atoms with Gasteiger partial charge in [-0.15, -0.1) is 0 Å². The Labute approximate surface area is 266 Å². The molecule has 0 spiro atoms. The van der Waals surface area contributed by atoms with Crippen LogP contribution in [0.1, 0.15) is 43.1 Å². The first-order valence-corrected chi connectivity index (χ1v) is 15.0. The second-order valence-electron chi connectivity index (χ2n) is 10.7. The highest BCUT2D eigenvalue weighted by molar-refractivity contribution is 6.35. The highest BCUT2D eigenvalue weighted by Gasteiger charge is 2.24. The molecule has 0 aromatic heterocycles. The third kappa shape index (κ3) is 8.72. The minimum atomic E-state index is -1.14. The SMILES string of the molecule is CN(C)CCC(=O)N1CCN(c2ccc(C(=O)NCCc3ccc(Cl)cc3Cl)cc2NC(=O)c2cccc(C(=O)O)c2)CC1. The Bertz CT molecular complexity index is 1540. The van der Waals surface area contributed by atoms with Gasteiger partial charge in [0, 0.05) is 66.9 Å². The maximum Gasteiger partial charge on any atom is 0.335 e. The molecule has 44 heavy (non-hydrogen) atoms. The largest absolute Gasteiger partial charge is 0.478 e. The van der Waals surface area contributed by atoms with Crippen molar-refractivity contribution in [3.8, 4) is 0 Å². The van der Waals surface area contributed by atoms with Crippen LogP contribution in [-0.4, -0.2) is 92.0 Å². The van der Waals surface area contributed by atoms with E-state index in [4.69, 9.17) is 23.2 Å². The quantitative estimate of drug-likeness (QED) is 0.282. The summed E-state index contributed by atoms with van der Waals surface area (Å²) in [6, 6.07) is 16.0. The number of piperazine rings is 1. The fraction of sp³-hybridized carbons (Fsp3) is 0.312. The second kappa shape index (κ2) is 15.1. The number of hydrogen-bond acceptors (Lipinski definition) is 6. The van der Waals surface area contributed by atoms with Gasteiger partial charge in [0.1, 0.15) is 0 Å². The number of carbonyl (C=O) groups excluding carboxylic acids is 3. The summed E-state index contributed by atoms with van der Waals surface area (Å²) < 4.78 is 0. The molecule has 0 aliphatic carbocycles. The molecule has 3 N–H and O–H groups in total. The third-order valence-corrected chi connectivity index (χ3v) is 7.91. The van der Waals surface area contributed by atoms with Crippen LogP contribution < -0.4 is 15.5 Å². The third-order valence-electron chi connectivity index (χ3n) is 7.32. The Morgan fingerprint density at radius 2 is 1.57 bits per heavy atom. The van der Waals surface area contributed by atoms with Gasteiger partial charge in [0.2, 0.25) is 5.91 Å². The van der Waals surface area contributed by atoms with Crippen LogP contribution in [-0.2, 0) is 11.2 Å². The van der Waals surface area contributed by atoms with E-state index in [0.29, 0.717) is 79.1 Å². The lowest BCUT2D eigenvalue weighted by molar-refractivity contribution is -0.131. The van der Waals surface area contributed by atoms with Crippen molar-refractivity contribution in [3.05, 3.63) is 93.0 Å². The number of carboxylic acids is 1. The molecule has 3 aromatic carbocycles. The van der Waals surface area contributed by atoms with E-state index in [2.05, 4.69) is 15.5 Å². The van der Waals surface area contributed by atoms with E-state index in [-0.39, 0.29) is 22.9 Å². The molecule has 0 unspecified atom stereocenters. The molecule has 1 aliphatic heterocycles. The zero-order valence-electron chi connectivity index (χ0n) is 24.6. The van der Waals surface area contributed by atoms with Crippen LogP contribution in [0.3, 0.4) is 0 Å². The maximum atomic E-state index is 13.3. The van der Waals surface area contributed by atoms with E-state index in [1.165, 1.54) is 24.3 Å². The van der Waals surface area contributed by atoms with Gasteiger partial charge in [0.25, 0.3) is 11.8 Å². The number of nitrogens with zero attached hydrogens (tertiary/aromatic N) is 3. The number of amides is 3. The van der Waals surface area contributed by atoms with Crippen LogP contribution in [0, 0.1) is 0 Å². The van der Waals surface area contributed by atoms with E-state index in [1.54, 1.807) is 30.3 Å². The van der Waals surface area contributed by atoms with Gasteiger partial charge in [-0.25, -0.2) is 4.79 Å². The number of nitrogens with one attached hydrogen (secondary N) is 2. The highest BCUT2D eigenvalue weighted by Crippen LogP contribution is 2.29. The molecular weight excluding hydrogens is 605 g/mol. The van der Waals surface area contributed by atoms with Gasteiger partial charge >= 0.3 is 5.97 Å². The van der Waals surface area contributed by atoms with Crippen molar-refractivity contribution < 1.29 is 24.3 Å². The summed E-state index contributed by atoms with van der Waals surface area (Å²) in [5, 5.41) is 16.2. The van der Waals surface area contributed by atoms with E-state index in [1.807, 2.05) is 30.0 Å². The predicted octanol–water partition coefficient (Wildman–Crippen LogP) is 4.52. The van der Waals surface area contributed by atoms with Crippen molar-refractivity contribution in [3.63, 3.8) is 0 Å². The Hall–Kier alpha value is -4.12. The van der Waals surface area contributed by atoms with Crippen molar-refractivity contribution in [2.24, 2.45) is 0 Å². The molecule has 0 atom stereocenters. The van der Waals surface area contributed by atoms with Crippen LogP contribution >= 0.6 is 23.2 Å². The molecule has 10 nitrogen and oxygen atoms in total. The lowest BCUT2D eigenvalue weighted by atomic mass is 10.1. The Morgan fingerprint density at radius 1 is 0.864 bits per heavy atom. The standard InChI is InChI=1S/C32H35Cl2N5O5/c1-37(2)13-11-29(40)39-16-14-38(15-17-39)28-9-7-23(30(41)35-12-10-21-6-8-25(33)20-26(21)34)19-27(28)36-31(42)22-4-3-5-24(18-22)32(43)44/h3-9,18-20H,10-17H2,1-2H3,(H,35,41)(H,36,42)(H,43,44). The molecule has 3 aromatic rings. The lowest BCUT2D eigenvalue weighted by Crippen LogP contribution is -2.49. The number of carboxylic acid groups (broad SMARTS) is 1. The number of aromatic carboxylic acids is 1. The predicted molar refractivity (Wildman–Crippen MR) is 172 cm³/mol. The van der Waals surface area contributed by atoms with E-state index >= 15 is 0 Å². The monoisotopic (exact) mass is 639 g/mol. The number of rotatable bonds is 11. The van der Waals surface area contributed by atoms with Crippen molar-refractivity contribution >= 4 is 58.3 Å². The van der Waals surface area contributed by atoms with Gasteiger partial charge in [-0.1, -0.05) is 35.3 Å². The average Bonchev–Trinajstić information content (AvgIpc) is 3.01. The molecule has 0 saturated carbocycles. The van der Waals surface area contributed by atoms with Crippen LogP contribution in [0.25, 0.3) is 0 Å². The zero-order chi connectivity index (χ0) is 31.8. The minimum absolute atomic E-state index is 0.0122. The fourth-order valence-corrected chi connectivity index (χ4v) is 5.36. The molecule has 1 aliphatic rings. The van der Waals surface area contributed by atoms with E-state index in [9.17, 15) is 24.3 Å². The van der Waals surface area contributed by atoms with Crippen molar-refractivity contribution in [1.29, 1.82) is 0 Å². The van der Waals surface area contributed by atoms with E-state index in [0.717, 1.165) is 5.56 Å². The Kier molecular flexibility index (Phi) is 11.2. The fourth-order valence-electron chi connectivity index (χ4n) is 4.85. The number of hydrogen-bond donors (Lipinski definition) is 3. The van der Waals surface area contributed by atoms with Gasteiger partial charge in [0.05, 0.1) is 16.9 Å². The lowest BCUT2D eigenvalue weighted by Gasteiger charge is -2.37. The maximum absolute atomic E-state index is 13.3. The first-order chi connectivity index (χ1) is 21.0. The topological polar surface area (TPSA) is 122 Å². The average molecular weight is 641 g/mol. The highest BCUT2D eigenvalue weighted by atomic mass is 35.5. The summed E-state index contributed by atoms with van der Waals surface area (Å²) in [5.74, 6) is -1.89. The number of anilines is 2.